The van der Waals surface area contributed by atoms with E-state index in [4.69, 9.17) is 13.9 Å². The zero-order valence-corrected chi connectivity index (χ0v) is 17.3. The van der Waals surface area contributed by atoms with Gasteiger partial charge in [-0.1, -0.05) is 23.9 Å². The highest BCUT2D eigenvalue weighted by molar-refractivity contribution is 8.00. The largest absolute Gasteiger partial charge is 0.497 e. The monoisotopic (exact) mass is 398 g/mol. The molecule has 28 heavy (non-hydrogen) atoms. The van der Waals surface area contributed by atoms with E-state index in [2.05, 4.69) is 10.2 Å². The summed E-state index contributed by atoms with van der Waals surface area (Å²) >= 11 is 1.24. The Morgan fingerprint density at radius 1 is 1.00 bits per heavy atom. The summed E-state index contributed by atoms with van der Waals surface area (Å²) in [4.78, 5) is 12.7. The molecule has 146 valence electrons. The number of benzene rings is 2. The summed E-state index contributed by atoms with van der Waals surface area (Å²) in [6, 6.07) is 11.1. The average molecular weight is 398 g/mol. The van der Waals surface area contributed by atoms with E-state index in [1.807, 2.05) is 39.0 Å². The Labute approximate surface area is 168 Å². The standard InChI is InChI=1S/C21H22N2O4S/c1-12-6-7-15(8-13(12)2)19(24)14(3)28-21-23-22-20(27-21)16-9-17(25-4)11-18(10-16)26-5/h6-11,14H,1-5H3/t14-/m1/s1. The van der Waals surface area contributed by atoms with Crippen LogP contribution in [-0.4, -0.2) is 35.5 Å². The number of ether oxygens (including phenoxy) is 2. The van der Waals surface area contributed by atoms with E-state index in [0.29, 0.717) is 33.7 Å². The zero-order chi connectivity index (χ0) is 20.3. The van der Waals surface area contributed by atoms with E-state index in [1.54, 1.807) is 32.4 Å². The maximum absolute atomic E-state index is 12.7. The Morgan fingerprint density at radius 2 is 1.68 bits per heavy atom. The molecule has 0 aliphatic carbocycles. The van der Waals surface area contributed by atoms with Crippen molar-refractivity contribution < 1.29 is 18.7 Å². The second-order valence-electron chi connectivity index (χ2n) is 6.40. The van der Waals surface area contributed by atoms with Gasteiger partial charge < -0.3 is 13.9 Å². The van der Waals surface area contributed by atoms with Crippen LogP contribution in [0.4, 0.5) is 0 Å². The van der Waals surface area contributed by atoms with E-state index in [9.17, 15) is 4.79 Å². The number of hydrogen-bond acceptors (Lipinski definition) is 7. The number of methoxy groups -OCH3 is 2. The van der Waals surface area contributed by atoms with Crippen LogP contribution in [0.15, 0.2) is 46.0 Å². The Kier molecular flexibility index (Phi) is 6.04. The van der Waals surface area contributed by atoms with Crippen molar-refractivity contribution in [3.8, 4) is 23.0 Å². The van der Waals surface area contributed by atoms with Crippen LogP contribution >= 0.6 is 11.8 Å². The molecule has 0 unspecified atom stereocenters. The van der Waals surface area contributed by atoms with Crippen LogP contribution in [0.3, 0.4) is 0 Å². The third-order valence-electron chi connectivity index (χ3n) is 4.44. The minimum absolute atomic E-state index is 0.0240. The maximum atomic E-state index is 12.7. The fraction of sp³-hybridized carbons (Fsp3) is 0.286. The molecule has 0 N–H and O–H groups in total. The van der Waals surface area contributed by atoms with E-state index in [0.717, 1.165) is 11.1 Å². The molecule has 3 rings (SSSR count). The van der Waals surface area contributed by atoms with Gasteiger partial charge in [0, 0.05) is 17.2 Å². The fourth-order valence-corrected chi connectivity index (χ4v) is 3.40. The second-order valence-corrected chi connectivity index (χ2v) is 7.69. The van der Waals surface area contributed by atoms with Crippen LogP contribution in [0.1, 0.15) is 28.4 Å². The van der Waals surface area contributed by atoms with Gasteiger partial charge in [-0.25, -0.2) is 0 Å². The van der Waals surface area contributed by atoms with Crippen molar-refractivity contribution in [2.75, 3.05) is 14.2 Å². The molecule has 0 spiro atoms. The number of Topliss-reactive ketones (excluding diaryl/α,β-unsaturated/α-hetero) is 1. The molecule has 0 bridgehead atoms. The van der Waals surface area contributed by atoms with Crippen LogP contribution < -0.4 is 9.47 Å². The molecule has 0 aliphatic heterocycles. The topological polar surface area (TPSA) is 74.5 Å². The first-order valence-electron chi connectivity index (χ1n) is 8.76. The lowest BCUT2D eigenvalue weighted by atomic mass is 10.0. The molecule has 6 nitrogen and oxygen atoms in total. The first-order chi connectivity index (χ1) is 13.4. The minimum Gasteiger partial charge on any atom is -0.497 e. The third-order valence-corrected chi connectivity index (χ3v) is 5.38. The molecule has 1 aromatic heterocycles. The summed E-state index contributed by atoms with van der Waals surface area (Å²) in [6.45, 7) is 5.85. The minimum atomic E-state index is -0.352. The van der Waals surface area contributed by atoms with Gasteiger partial charge in [-0.05, 0) is 50.1 Å². The maximum Gasteiger partial charge on any atom is 0.277 e. The van der Waals surface area contributed by atoms with E-state index < -0.39 is 0 Å². The quantitative estimate of drug-likeness (QED) is 0.420. The Bertz CT molecular complexity index is 978. The average Bonchev–Trinajstić information content (AvgIpc) is 3.17. The smallest absolute Gasteiger partial charge is 0.277 e. The summed E-state index contributed by atoms with van der Waals surface area (Å²) < 4.78 is 16.3. The van der Waals surface area contributed by atoms with Crippen LogP contribution in [-0.2, 0) is 0 Å². The normalized spacial score (nSPS) is 11.9. The molecule has 0 radical (unpaired) electrons. The van der Waals surface area contributed by atoms with Crippen LogP contribution in [0, 0.1) is 13.8 Å². The van der Waals surface area contributed by atoms with Crippen molar-refractivity contribution in [2.24, 2.45) is 0 Å². The van der Waals surface area contributed by atoms with Gasteiger partial charge in [0.15, 0.2) is 5.78 Å². The van der Waals surface area contributed by atoms with Gasteiger partial charge in [-0.3, -0.25) is 4.79 Å². The van der Waals surface area contributed by atoms with Gasteiger partial charge in [-0.15, -0.1) is 10.2 Å². The summed E-state index contributed by atoms with van der Waals surface area (Å²) in [5.74, 6) is 1.61. The van der Waals surface area contributed by atoms with Crippen molar-refractivity contribution in [3.63, 3.8) is 0 Å². The van der Waals surface area contributed by atoms with Crippen molar-refractivity contribution in [3.05, 3.63) is 53.1 Å². The van der Waals surface area contributed by atoms with Gasteiger partial charge in [0.2, 0.25) is 5.89 Å². The number of ketones is 1. The lowest BCUT2D eigenvalue weighted by Crippen LogP contribution is -2.13. The molecule has 0 saturated heterocycles. The van der Waals surface area contributed by atoms with Gasteiger partial charge >= 0.3 is 0 Å². The lowest BCUT2D eigenvalue weighted by Gasteiger charge is -2.09. The van der Waals surface area contributed by atoms with Gasteiger partial charge in [-0.2, -0.15) is 0 Å². The van der Waals surface area contributed by atoms with Gasteiger partial charge in [0.25, 0.3) is 5.22 Å². The van der Waals surface area contributed by atoms with Gasteiger partial charge in [0.1, 0.15) is 11.5 Å². The van der Waals surface area contributed by atoms with Crippen LogP contribution in [0.5, 0.6) is 11.5 Å². The first-order valence-corrected chi connectivity index (χ1v) is 9.64. The van der Waals surface area contributed by atoms with Gasteiger partial charge in [0.05, 0.1) is 19.5 Å². The lowest BCUT2D eigenvalue weighted by molar-refractivity contribution is 0.0993. The molecular weight excluding hydrogens is 376 g/mol. The number of thioether (sulfide) groups is 1. The number of carbonyl (C=O) groups excluding carboxylic acids is 1. The highest BCUT2D eigenvalue weighted by Gasteiger charge is 2.21. The second kappa shape index (κ2) is 8.48. The highest BCUT2D eigenvalue weighted by Crippen LogP contribution is 2.32. The predicted octanol–water partition coefficient (Wildman–Crippen LogP) is 4.73. The molecule has 0 fully saturated rings. The summed E-state index contributed by atoms with van der Waals surface area (Å²) in [6.07, 6.45) is 0. The number of nitrogens with zero attached hydrogens (tertiary/aromatic N) is 2. The Hall–Kier alpha value is -2.80. The number of aryl methyl sites for hydroxylation is 2. The van der Waals surface area contributed by atoms with E-state index in [-0.39, 0.29) is 11.0 Å². The van der Waals surface area contributed by atoms with Crippen LogP contribution in [0.25, 0.3) is 11.5 Å². The molecule has 7 heteroatoms. The highest BCUT2D eigenvalue weighted by atomic mass is 32.2. The number of rotatable bonds is 7. The Morgan fingerprint density at radius 3 is 2.29 bits per heavy atom. The number of hydrogen-bond donors (Lipinski definition) is 0. The summed E-state index contributed by atoms with van der Waals surface area (Å²) in [5.41, 5.74) is 3.62. The van der Waals surface area contributed by atoms with Crippen LogP contribution in [0.2, 0.25) is 0 Å². The fourth-order valence-electron chi connectivity index (χ4n) is 2.64. The van der Waals surface area contributed by atoms with Crippen molar-refractivity contribution in [1.82, 2.24) is 10.2 Å². The van der Waals surface area contributed by atoms with Crippen molar-refractivity contribution in [1.29, 1.82) is 0 Å². The number of aromatic nitrogens is 2. The zero-order valence-electron chi connectivity index (χ0n) is 16.5. The third kappa shape index (κ3) is 4.36. The van der Waals surface area contributed by atoms with Crippen molar-refractivity contribution >= 4 is 17.5 Å². The van der Waals surface area contributed by atoms with E-state index in [1.165, 1.54) is 11.8 Å². The molecule has 2 aromatic carbocycles. The summed E-state index contributed by atoms with van der Waals surface area (Å²) in [5, 5.41) is 8.13. The summed E-state index contributed by atoms with van der Waals surface area (Å²) in [7, 11) is 3.15. The molecule has 3 aromatic rings. The molecular formula is C21H22N2O4S. The molecule has 1 atom stereocenters. The predicted molar refractivity (Wildman–Crippen MR) is 108 cm³/mol. The molecule has 1 heterocycles. The molecule has 0 saturated carbocycles. The van der Waals surface area contributed by atoms with E-state index >= 15 is 0 Å². The SMILES string of the molecule is COc1cc(OC)cc(-c2nnc(S[C@H](C)C(=O)c3ccc(C)c(C)c3)o2)c1. The number of carbonyl (C=O) groups is 1. The Balaban J connectivity index is 1.77. The molecule has 0 amide bonds. The first kappa shape index (κ1) is 19.9. The van der Waals surface area contributed by atoms with Crippen molar-refractivity contribution in [2.45, 2.75) is 31.2 Å². The molecule has 0 aliphatic rings.